The third-order valence-electron chi connectivity index (χ3n) is 2.85. The zero-order valence-corrected chi connectivity index (χ0v) is 12.0. The van der Waals surface area contributed by atoms with E-state index in [0.717, 1.165) is 0 Å². The Bertz CT molecular complexity index is 545. The van der Waals surface area contributed by atoms with E-state index in [0.29, 0.717) is 11.3 Å². The van der Waals surface area contributed by atoms with E-state index in [9.17, 15) is 14.4 Å². The number of aryl methyl sites for hydroxylation is 1. The zero-order chi connectivity index (χ0) is 15.4. The van der Waals surface area contributed by atoms with Crippen LogP contribution in [0, 0.1) is 13.8 Å². The second-order valence-corrected chi connectivity index (χ2v) is 4.19. The highest BCUT2D eigenvalue weighted by molar-refractivity contribution is 5.99. The maximum atomic E-state index is 12.0. The van der Waals surface area contributed by atoms with Gasteiger partial charge in [-0.1, -0.05) is 0 Å². The summed E-state index contributed by atoms with van der Waals surface area (Å²) in [6, 6.07) is 0. The predicted molar refractivity (Wildman–Crippen MR) is 68.5 cm³/mol. The van der Waals surface area contributed by atoms with Gasteiger partial charge in [-0.3, -0.25) is 0 Å². The van der Waals surface area contributed by atoms with Crippen molar-refractivity contribution in [3.63, 3.8) is 0 Å². The zero-order valence-electron chi connectivity index (χ0n) is 12.0. The molecular formula is C13H17NO6. The fraction of sp³-hybridized carbons (Fsp3) is 0.462. The van der Waals surface area contributed by atoms with Gasteiger partial charge < -0.3 is 19.2 Å². The highest BCUT2D eigenvalue weighted by Crippen LogP contribution is 2.20. The van der Waals surface area contributed by atoms with Crippen LogP contribution in [0.2, 0.25) is 0 Å². The molecule has 0 aliphatic carbocycles. The Morgan fingerprint density at radius 2 is 1.65 bits per heavy atom. The van der Waals surface area contributed by atoms with Crippen LogP contribution in [-0.4, -0.2) is 43.2 Å². The Hall–Kier alpha value is -2.31. The summed E-state index contributed by atoms with van der Waals surface area (Å²) in [5, 5.41) is 0. The lowest BCUT2D eigenvalue weighted by Crippen LogP contribution is -2.25. The molecule has 110 valence electrons. The lowest BCUT2D eigenvalue weighted by atomic mass is 10.1. The van der Waals surface area contributed by atoms with Crippen LogP contribution in [0.15, 0.2) is 0 Å². The number of nitrogens with one attached hydrogen (secondary N) is 1. The van der Waals surface area contributed by atoms with Crippen molar-refractivity contribution in [3.05, 3.63) is 22.5 Å². The van der Waals surface area contributed by atoms with E-state index in [-0.39, 0.29) is 11.3 Å². The van der Waals surface area contributed by atoms with Crippen LogP contribution >= 0.6 is 0 Å². The molecule has 1 atom stereocenters. The predicted octanol–water partition coefficient (Wildman–Crippen LogP) is 1.14. The van der Waals surface area contributed by atoms with Crippen molar-refractivity contribution in [3.8, 4) is 0 Å². The molecular weight excluding hydrogens is 266 g/mol. The minimum Gasteiger partial charge on any atom is -0.466 e. The first-order chi connectivity index (χ1) is 9.33. The van der Waals surface area contributed by atoms with Gasteiger partial charge in [0.15, 0.2) is 6.10 Å². The van der Waals surface area contributed by atoms with E-state index in [1.807, 2.05) is 0 Å². The summed E-state index contributed by atoms with van der Waals surface area (Å²) in [6.07, 6.45) is -1.03. The van der Waals surface area contributed by atoms with Crippen LogP contribution in [0.4, 0.5) is 0 Å². The summed E-state index contributed by atoms with van der Waals surface area (Å²) in [5.41, 5.74) is 1.30. The Morgan fingerprint density at radius 3 is 2.15 bits per heavy atom. The molecule has 20 heavy (non-hydrogen) atoms. The van der Waals surface area contributed by atoms with Gasteiger partial charge in [0, 0.05) is 5.69 Å². The number of esters is 3. The smallest absolute Gasteiger partial charge is 0.355 e. The summed E-state index contributed by atoms with van der Waals surface area (Å²) in [7, 11) is 2.46. The molecule has 0 amide bonds. The molecule has 1 aromatic heterocycles. The summed E-state index contributed by atoms with van der Waals surface area (Å²) >= 11 is 0. The molecule has 7 nitrogen and oxygen atoms in total. The normalized spacial score (nSPS) is 11.7. The molecule has 1 heterocycles. The summed E-state index contributed by atoms with van der Waals surface area (Å²) in [6.45, 7) is 4.63. The second-order valence-electron chi connectivity index (χ2n) is 4.19. The van der Waals surface area contributed by atoms with Gasteiger partial charge in [0.05, 0.1) is 19.8 Å². The van der Waals surface area contributed by atoms with E-state index in [1.165, 1.54) is 21.1 Å². The highest BCUT2D eigenvalue weighted by atomic mass is 16.6. The molecule has 0 unspecified atom stereocenters. The fourth-order valence-electron chi connectivity index (χ4n) is 1.80. The first-order valence-corrected chi connectivity index (χ1v) is 5.89. The van der Waals surface area contributed by atoms with Crippen molar-refractivity contribution in [2.45, 2.75) is 26.9 Å². The van der Waals surface area contributed by atoms with Crippen LogP contribution in [-0.2, 0) is 19.0 Å². The SMILES string of the molecule is COC(=O)c1c(C)[nH]c(C(=O)O[C@@H](C)C(=O)OC)c1C. The van der Waals surface area contributed by atoms with E-state index in [2.05, 4.69) is 14.5 Å². The van der Waals surface area contributed by atoms with Crippen molar-refractivity contribution in [1.29, 1.82) is 0 Å². The molecule has 0 saturated carbocycles. The molecule has 1 N–H and O–H groups in total. The summed E-state index contributed by atoms with van der Waals surface area (Å²) in [4.78, 5) is 37.5. The second kappa shape index (κ2) is 6.23. The average Bonchev–Trinajstić information content (AvgIpc) is 2.72. The number of carbonyl (C=O) groups is 3. The first-order valence-electron chi connectivity index (χ1n) is 5.89. The molecule has 0 bridgehead atoms. The van der Waals surface area contributed by atoms with Gasteiger partial charge in [0.2, 0.25) is 0 Å². The van der Waals surface area contributed by atoms with Gasteiger partial charge in [0.1, 0.15) is 5.69 Å². The van der Waals surface area contributed by atoms with Crippen molar-refractivity contribution < 1.29 is 28.6 Å². The van der Waals surface area contributed by atoms with Crippen LogP contribution in [0.25, 0.3) is 0 Å². The lowest BCUT2D eigenvalue weighted by Gasteiger charge is -2.10. The molecule has 0 aliphatic rings. The number of carbonyl (C=O) groups excluding carboxylic acids is 3. The highest BCUT2D eigenvalue weighted by Gasteiger charge is 2.26. The molecule has 0 aromatic carbocycles. The number of methoxy groups -OCH3 is 2. The van der Waals surface area contributed by atoms with Crippen molar-refractivity contribution in [2.24, 2.45) is 0 Å². The number of hydrogen-bond acceptors (Lipinski definition) is 6. The van der Waals surface area contributed by atoms with Crippen LogP contribution in [0.1, 0.15) is 39.0 Å². The van der Waals surface area contributed by atoms with Crippen molar-refractivity contribution in [1.82, 2.24) is 4.98 Å². The van der Waals surface area contributed by atoms with Crippen LogP contribution in [0.5, 0.6) is 0 Å². The first kappa shape index (κ1) is 15.7. The molecule has 0 saturated heterocycles. The van der Waals surface area contributed by atoms with E-state index in [1.54, 1.807) is 13.8 Å². The van der Waals surface area contributed by atoms with Gasteiger partial charge in [-0.05, 0) is 26.3 Å². The lowest BCUT2D eigenvalue weighted by molar-refractivity contribution is -0.149. The third kappa shape index (κ3) is 2.98. The minimum absolute atomic E-state index is 0.110. The Labute approximate surface area is 116 Å². The molecule has 0 fully saturated rings. The van der Waals surface area contributed by atoms with Gasteiger partial charge in [0.25, 0.3) is 0 Å². The third-order valence-corrected chi connectivity index (χ3v) is 2.85. The molecule has 0 spiro atoms. The monoisotopic (exact) mass is 283 g/mol. The quantitative estimate of drug-likeness (QED) is 0.657. The van der Waals surface area contributed by atoms with Gasteiger partial charge in [-0.25, -0.2) is 14.4 Å². The van der Waals surface area contributed by atoms with Crippen molar-refractivity contribution in [2.75, 3.05) is 14.2 Å². The number of aromatic amines is 1. The maximum absolute atomic E-state index is 12.0. The number of H-pyrrole nitrogens is 1. The number of ether oxygens (including phenoxy) is 3. The van der Waals surface area contributed by atoms with E-state index in [4.69, 9.17) is 4.74 Å². The van der Waals surface area contributed by atoms with E-state index < -0.39 is 24.0 Å². The number of rotatable bonds is 4. The molecule has 0 radical (unpaired) electrons. The Kier molecular flexibility index (Phi) is 4.90. The maximum Gasteiger partial charge on any atom is 0.355 e. The minimum atomic E-state index is -1.03. The summed E-state index contributed by atoms with van der Waals surface area (Å²) in [5.74, 6) is -1.94. The fourth-order valence-corrected chi connectivity index (χ4v) is 1.80. The Balaban J connectivity index is 3.01. The standard InChI is InChI=1S/C13H17NO6/c1-6-9(12(16)19-5)7(2)14-10(6)13(17)20-8(3)11(15)18-4/h8,14H,1-5H3/t8-/m0/s1. The van der Waals surface area contributed by atoms with Crippen LogP contribution in [0.3, 0.4) is 0 Å². The molecule has 7 heteroatoms. The topological polar surface area (TPSA) is 94.7 Å². The molecule has 0 aliphatic heterocycles. The van der Waals surface area contributed by atoms with Gasteiger partial charge >= 0.3 is 17.9 Å². The number of aromatic nitrogens is 1. The number of hydrogen-bond donors (Lipinski definition) is 1. The Morgan fingerprint density at radius 1 is 1.05 bits per heavy atom. The molecule has 1 rings (SSSR count). The largest absolute Gasteiger partial charge is 0.466 e. The van der Waals surface area contributed by atoms with E-state index >= 15 is 0 Å². The van der Waals surface area contributed by atoms with Gasteiger partial charge in [-0.2, -0.15) is 0 Å². The molecule has 1 aromatic rings. The van der Waals surface area contributed by atoms with Crippen molar-refractivity contribution >= 4 is 17.9 Å². The average molecular weight is 283 g/mol. The van der Waals surface area contributed by atoms with Gasteiger partial charge in [-0.15, -0.1) is 0 Å². The summed E-state index contributed by atoms with van der Waals surface area (Å²) < 4.78 is 14.1. The van der Waals surface area contributed by atoms with Crippen LogP contribution < -0.4 is 0 Å².